The summed E-state index contributed by atoms with van der Waals surface area (Å²) in [5, 5.41) is 9.20. The molecule has 0 spiro atoms. The maximum absolute atomic E-state index is 13.0. The average Bonchev–Trinajstić information content (AvgIpc) is 2.52. The van der Waals surface area contributed by atoms with Crippen molar-refractivity contribution in [2.75, 3.05) is 0 Å². The molecule has 94 valence electrons. The third-order valence-electron chi connectivity index (χ3n) is 2.99. The van der Waals surface area contributed by atoms with Crippen LogP contribution in [-0.4, -0.2) is 4.57 Å². The standard InChI is InChI=1S/C13H11F3N2/c1-8-3-4-9-10(5-6-17)12(13(14,15)16)18(2)11(9)7-8/h3-4,7H,5H2,1-2H3. The van der Waals surface area contributed by atoms with Gasteiger partial charge in [-0.1, -0.05) is 12.1 Å². The number of nitrogens with zero attached hydrogens (tertiary/aromatic N) is 2. The number of halogens is 3. The molecule has 0 unspecified atom stereocenters. The van der Waals surface area contributed by atoms with Gasteiger partial charge in [-0.15, -0.1) is 0 Å². The first kappa shape index (κ1) is 12.5. The van der Waals surface area contributed by atoms with E-state index in [0.717, 1.165) is 10.1 Å². The summed E-state index contributed by atoms with van der Waals surface area (Å²) in [5.41, 5.74) is 0.722. The highest BCUT2D eigenvalue weighted by molar-refractivity contribution is 5.86. The quantitative estimate of drug-likeness (QED) is 0.762. The van der Waals surface area contributed by atoms with Gasteiger partial charge in [-0.25, -0.2) is 0 Å². The largest absolute Gasteiger partial charge is 0.431 e. The number of alkyl halides is 3. The lowest BCUT2D eigenvalue weighted by Crippen LogP contribution is -2.13. The van der Waals surface area contributed by atoms with Crippen LogP contribution in [0.2, 0.25) is 0 Å². The Morgan fingerprint density at radius 2 is 2.00 bits per heavy atom. The van der Waals surface area contributed by atoms with Gasteiger partial charge >= 0.3 is 6.18 Å². The zero-order chi connectivity index (χ0) is 13.5. The Balaban J connectivity index is 2.88. The normalized spacial score (nSPS) is 11.8. The van der Waals surface area contributed by atoms with E-state index >= 15 is 0 Å². The summed E-state index contributed by atoms with van der Waals surface area (Å²) in [6.45, 7) is 1.82. The van der Waals surface area contributed by atoms with Crippen molar-refractivity contribution in [3.05, 3.63) is 35.0 Å². The van der Waals surface area contributed by atoms with Crippen LogP contribution in [0.4, 0.5) is 13.2 Å². The van der Waals surface area contributed by atoms with Crippen LogP contribution in [0.3, 0.4) is 0 Å². The molecule has 2 nitrogen and oxygen atoms in total. The predicted molar refractivity (Wildman–Crippen MR) is 62.0 cm³/mol. The second-order valence-corrected chi connectivity index (χ2v) is 4.24. The monoisotopic (exact) mass is 252 g/mol. The third kappa shape index (κ3) is 1.84. The van der Waals surface area contributed by atoms with E-state index in [-0.39, 0.29) is 12.0 Å². The number of rotatable bonds is 1. The Morgan fingerprint density at radius 1 is 1.33 bits per heavy atom. The molecule has 1 aromatic heterocycles. The molecule has 0 aliphatic carbocycles. The van der Waals surface area contributed by atoms with E-state index in [9.17, 15) is 13.2 Å². The van der Waals surface area contributed by atoms with E-state index in [1.54, 1.807) is 24.3 Å². The van der Waals surface area contributed by atoms with Crippen molar-refractivity contribution in [2.45, 2.75) is 19.5 Å². The summed E-state index contributed by atoms with van der Waals surface area (Å²) in [5.74, 6) is 0. The molecule has 0 atom stereocenters. The van der Waals surface area contributed by atoms with Crippen LogP contribution in [0.15, 0.2) is 18.2 Å². The summed E-state index contributed by atoms with van der Waals surface area (Å²) in [6.07, 6.45) is -4.69. The van der Waals surface area contributed by atoms with E-state index in [2.05, 4.69) is 0 Å². The topological polar surface area (TPSA) is 28.7 Å². The molecule has 2 aromatic rings. The maximum Gasteiger partial charge on any atom is 0.431 e. The minimum Gasteiger partial charge on any atom is -0.340 e. The molecular formula is C13H11F3N2. The minimum atomic E-state index is -4.45. The number of fused-ring (bicyclic) bond motifs is 1. The average molecular weight is 252 g/mol. The van der Waals surface area contributed by atoms with Crippen LogP contribution in [0.5, 0.6) is 0 Å². The first-order valence-corrected chi connectivity index (χ1v) is 5.38. The Labute approximate surface area is 102 Å². The Morgan fingerprint density at radius 3 is 2.56 bits per heavy atom. The lowest BCUT2D eigenvalue weighted by molar-refractivity contribution is -0.143. The number of hydrogen-bond acceptors (Lipinski definition) is 1. The highest BCUT2D eigenvalue weighted by Crippen LogP contribution is 2.37. The molecule has 0 bridgehead atoms. The van der Waals surface area contributed by atoms with Crippen LogP contribution in [-0.2, 0) is 19.6 Å². The van der Waals surface area contributed by atoms with Crippen molar-refractivity contribution < 1.29 is 13.2 Å². The molecule has 2 rings (SSSR count). The van der Waals surface area contributed by atoms with E-state index in [4.69, 9.17) is 5.26 Å². The van der Waals surface area contributed by atoms with Crippen LogP contribution in [0.25, 0.3) is 10.9 Å². The van der Waals surface area contributed by atoms with Crippen LogP contribution in [0, 0.1) is 18.3 Å². The van der Waals surface area contributed by atoms with Gasteiger partial charge in [0.2, 0.25) is 0 Å². The SMILES string of the molecule is Cc1ccc2c(CC#N)c(C(F)(F)F)n(C)c2c1. The summed E-state index contributed by atoms with van der Waals surface area (Å²) in [6, 6.07) is 6.90. The molecule has 0 aliphatic heterocycles. The molecule has 5 heteroatoms. The number of aryl methyl sites for hydroxylation is 2. The minimum absolute atomic E-state index is 0.0579. The molecule has 0 radical (unpaired) electrons. The van der Waals surface area contributed by atoms with Gasteiger partial charge < -0.3 is 4.57 Å². The zero-order valence-electron chi connectivity index (χ0n) is 9.97. The number of nitriles is 1. The smallest absolute Gasteiger partial charge is 0.340 e. The van der Waals surface area contributed by atoms with Gasteiger partial charge in [0.05, 0.1) is 12.5 Å². The Kier molecular flexibility index (Phi) is 2.81. The second-order valence-electron chi connectivity index (χ2n) is 4.24. The molecular weight excluding hydrogens is 241 g/mol. The van der Waals surface area contributed by atoms with Crippen molar-refractivity contribution in [3.63, 3.8) is 0 Å². The number of hydrogen-bond donors (Lipinski definition) is 0. The number of aromatic nitrogens is 1. The van der Waals surface area contributed by atoms with E-state index in [1.807, 2.05) is 6.92 Å². The highest BCUT2D eigenvalue weighted by atomic mass is 19.4. The predicted octanol–water partition coefficient (Wildman–Crippen LogP) is 3.57. The van der Waals surface area contributed by atoms with Crippen molar-refractivity contribution in [2.24, 2.45) is 7.05 Å². The zero-order valence-corrected chi connectivity index (χ0v) is 9.97. The lowest BCUT2D eigenvalue weighted by Gasteiger charge is -2.10. The molecule has 0 aliphatic rings. The maximum atomic E-state index is 13.0. The second kappa shape index (κ2) is 4.05. The van der Waals surface area contributed by atoms with Crippen molar-refractivity contribution >= 4 is 10.9 Å². The fourth-order valence-electron chi connectivity index (χ4n) is 2.24. The van der Waals surface area contributed by atoms with Gasteiger partial charge in [0.15, 0.2) is 0 Å². The number of benzene rings is 1. The van der Waals surface area contributed by atoms with Crippen LogP contribution >= 0.6 is 0 Å². The van der Waals surface area contributed by atoms with Gasteiger partial charge in [0.25, 0.3) is 0 Å². The first-order chi connectivity index (χ1) is 8.36. The van der Waals surface area contributed by atoms with Crippen LogP contribution in [0.1, 0.15) is 16.8 Å². The Bertz CT molecular complexity index is 645. The molecule has 1 aromatic carbocycles. The van der Waals surface area contributed by atoms with Gasteiger partial charge in [0.1, 0.15) is 5.69 Å². The van der Waals surface area contributed by atoms with Crippen molar-refractivity contribution in [1.29, 1.82) is 5.26 Å². The molecule has 18 heavy (non-hydrogen) atoms. The van der Waals surface area contributed by atoms with E-state index in [1.165, 1.54) is 7.05 Å². The Hall–Kier alpha value is -1.96. The molecule has 0 fully saturated rings. The fourth-order valence-corrected chi connectivity index (χ4v) is 2.24. The molecule has 0 N–H and O–H groups in total. The summed E-state index contributed by atoms with van der Waals surface area (Å²) < 4.78 is 40.2. The van der Waals surface area contributed by atoms with Gasteiger partial charge in [-0.05, 0) is 18.6 Å². The van der Waals surface area contributed by atoms with Gasteiger partial charge in [-0.3, -0.25) is 0 Å². The molecule has 0 amide bonds. The van der Waals surface area contributed by atoms with E-state index < -0.39 is 11.9 Å². The van der Waals surface area contributed by atoms with Crippen molar-refractivity contribution in [3.8, 4) is 6.07 Å². The fraction of sp³-hybridized carbons (Fsp3) is 0.308. The van der Waals surface area contributed by atoms with E-state index in [0.29, 0.717) is 10.9 Å². The molecule has 0 saturated carbocycles. The van der Waals surface area contributed by atoms with Gasteiger partial charge in [0, 0.05) is 23.5 Å². The summed E-state index contributed by atoms with van der Waals surface area (Å²) >= 11 is 0. The summed E-state index contributed by atoms with van der Waals surface area (Å²) in [4.78, 5) is 0. The van der Waals surface area contributed by atoms with Gasteiger partial charge in [-0.2, -0.15) is 18.4 Å². The van der Waals surface area contributed by atoms with Crippen LogP contribution < -0.4 is 0 Å². The molecule has 1 heterocycles. The molecule has 0 saturated heterocycles. The highest BCUT2D eigenvalue weighted by Gasteiger charge is 2.38. The lowest BCUT2D eigenvalue weighted by atomic mass is 10.1. The third-order valence-corrected chi connectivity index (χ3v) is 2.99. The first-order valence-electron chi connectivity index (χ1n) is 5.38. The summed E-state index contributed by atoms with van der Waals surface area (Å²) in [7, 11) is 1.38. The van der Waals surface area contributed by atoms with Crippen molar-refractivity contribution in [1.82, 2.24) is 4.57 Å².